The van der Waals surface area contributed by atoms with Crippen molar-refractivity contribution in [3.8, 4) is 0 Å². The summed E-state index contributed by atoms with van der Waals surface area (Å²) in [4.78, 5) is 14.9. The second-order valence-corrected chi connectivity index (χ2v) is 8.40. The van der Waals surface area contributed by atoms with E-state index in [1.54, 1.807) is 6.07 Å². The zero-order valence-electron chi connectivity index (χ0n) is 18.1. The summed E-state index contributed by atoms with van der Waals surface area (Å²) in [6.45, 7) is 7.04. The largest absolute Gasteiger partial charge is 0.349 e. The van der Waals surface area contributed by atoms with Crippen molar-refractivity contribution in [3.63, 3.8) is 0 Å². The van der Waals surface area contributed by atoms with Gasteiger partial charge in [0.2, 0.25) is 0 Å². The number of carbonyl (C=O) groups excluding carboxylic acids is 1. The van der Waals surface area contributed by atoms with E-state index in [2.05, 4.69) is 21.4 Å². The molecule has 0 spiro atoms. The molecule has 0 atom stereocenters. The lowest BCUT2D eigenvalue weighted by Crippen LogP contribution is -2.44. The molecule has 31 heavy (non-hydrogen) atoms. The molecule has 162 valence electrons. The lowest BCUT2D eigenvalue weighted by atomic mass is 10.0. The van der Waals surface area contributed by atoms with E-state index in [1.165, 1.54) is 6.07 Å². The second-order valence-electron chi connectivity index (χ2n) is 8.40. The molecule has 2 aromatic carbocycles. The maximum absolute atomic E-state index is 13.9. The molecule has 0 bridgehead atoms. The first-order valence-corrected chi connectivity index (χ1v) is 10.8. The van der Waals surface area contributed by atoms with Gasteiger partial charge >= 0.3 is 0 Å². The lowest BCUT2D eigenvalue weighted by molar-refractivity contribution is 0.0908. The first-order valence-electron chi connectivity index (χ1n) is 10.8. The van der Waals surface area contributed by atoms with Crippen LogP contribution in [-0.2, 0) is 13.1 Å². The van der Waals surface area contributed by atoms with Gasteiger partial charge in [0, 0.05) is 42.5 Å². The molecule has 0 unspecified atom stereocenters. The molecule has 3 aromatic rings. The number of aryl methyl sites for hydroxylation is 2. The number of nitrogens with one attached hydrogen (secondary N) is 1. The number of benzene rings is 2. The van der Waals surface area contributed by atoms with Crippen molar-refractivity contribution in [3.05, 3.63) is 88.5 Å². The predicted octanol–water partition coefficient (Wildman–Crippen LogP) is 4.08. The van der Waals surface area contributed by atoms with Crippen molar-refractivity contribution in [2.75, 3.05) is 13.1 Å². The van der Waals surface area contributed by atoms with Crippen LogP contribution in [0.3, 0.4) is 0 Å². The van der Waals surface area contributed by atoms with Crippen LogP contribution in [-0.4, -0.2) is 39.7 Å². The van der Waals surface area contributed by atoms with Gasteiger partial charge in [-0.2, -0.15) is 5.10 Å². The molecule has 0 radical (unpaired) electrons. The van der Waals surface area contributed by atoms with Gasteiger partial charge in [-0.05, 0) is 56.5 Å². The van der Waals surface area contributed by atoms with Gasteiger partial charge in [-0.3, -0.25) is 14.4 Å². The zero-order chi connectivity index (χ0) is 21.8. The fraction of sp³-hybridized carbons (Fsp3) is 0.360. The molecule has 1 aliphatic heterocycles. The minimum atomic E-state index is -0.153. The van der Waals surface area contributed by atoms with Crippen molar-refractivity contribution in [1.82, 2.24) is 20.0 Å². The highest BCUT2D eigenvalue weighted by Crippen LogP contribution is 2.17. The van der Waals surface area contributed by atoms with Crippen LogP contribution in [0.1, 0.15) is 45.7 Å². The van der Waals surface area contributed by atoms with E-state index < -0.39 is 0 Å². The van der Waals surface area contributed by atoms with Crippen LogP contribution in [0.4, 0.5) is 4.39 Å². The topological polar surface area (TPSA) is 50.2 Å². The number of amides is 1. The van der Waals surface area contributed by atoms with E-state index >= 15 is 0 Å². The minimum Gasteiger partial charge on any atom is -0.349 e. The average Bonchev–Trinajstić information content (AvgIpc) is 3.08. The molecule has 4 rings (SSSR count). The van der Waals surface area contributed by atoms with Crippen LogP contribution < -0.4 is 5.32 Å². The van der Waals surface area contributed by atoms with E-state index in [0.29, 0.717) is 18.7 Å². The molecule has 1 aliphatic rings. The highest BCUT2D eigenvalue weighted by atomic mass is 19.1. The van der Waals surface area contributed by atoms with Gasteiger partial charge in [0.05, 0.1) is 12.2 Å². The van der Waals surface area contributed by atoms with Gasteiger partial charge in [-0.15, -0.1) is 0 Å². The summed E-state index contributed by atoms with van der Waals surface area (Å²) in [5, 5.41) is 7.65. The number of hydrogen-bond donors (Lipinski definition) is 1. The third-order valence-electron chi connectivity index (χ3n) is 5.93. The van der Waals surface area contributed by atoms with Crippen molar-refractivity contribution in [2.45, 2.75) is 45.8 Å². The Morgan fingerprint density at radius 1 is 1.06 bits per heavy atom. The Balaban J connectivity index is 1.27. The summed E-state index contributed by atoms with van der Waals surface area (Å²) in [5.41, 5.74) is 4.65. The fourth-order valence-corrected chi connectivity index (χ4v) is 4.14. The van der Waals surface area contributed by atoms with Crippen molar-refractivity contribution >= 4 is 5.91 Å². The minimum absolute atomic E-state index is 0.0368. The Morgan fingerprint density at radius 3 is 2.42 bits per heavy atom. The SMILES string of the molecule is Cc1cc(C)n(Cc2ccc(C(=O)NC3CCN(Cc4ccccc4F)CC3)cc2)n1. The molecular weight excluding hydrogens is 391 g/mol. The highest BCUT2D eigenvalue weighted by molar-refractivity contribution is 5.94. The smallest absolute Gasteiger partial charge is 0.251 e. The third kappa shape index (κ3) is 5.39. The summed E-state index contributed by atoms with van der Waals surface area (Å²) < 4.78 is 15.8. The van der Waals surface area contributed by atoms with Gasteiger partial charge in [0.15, 0.2) is 0 Å². The number of aromatic nitrogens is 2. The molecule has 1 fully saturated rings. The Kier molecular flexibility index (Phi) is 6.47. The fourth-order valence-electron chi connectivity index (χ4n) is 4.14. The van der Waals surface area contributed by atoms with E-state index in [1.807, 2.05) is 54.9 Å². The number of rotatable bonds is 6. The molecule has 1 amide bonds. The standard InChI is InChI=1S/C25H29FN4O/c1-18-15-19(2)30(28-18)16-20-7-9-21(10-8-20)25(31)27-23-11-13-29(14-12-23)17-22-5-3-4-6-24(22)26/h3-10,15,23H,11-14,16-17H2,1-2H3,(H,27,31). The molecule has 0 saturated carbocycles. The molecule has 1 N–H and O–H groups in total. The van der Waals surface area contributed by atoms with Crippen LogP contribution in [0.25, 0.3) is 0 Å². The molecule has 5 nitrogen and oxygen atoms in total. The number of piperidine rings is 1. The van der Waals surface area contributed by atoms with Crippen LogP contribution in [0, 0.1) is 19.7 Å². The van der Waals surface area contributed by atoms with Crippen LogP contribution in [0.2, 0.25) is 0 Å². The first-order chi connectivity index (χ1) is 15.0. The maximum atomic E-state index is 13.9. The molecular formula is C25H29FN4O. The Labute approximate surface area is 182 Å². The monoisotopic (exact) mass is 420 g/mol. The zero-order valence-corrected chi connectivity index (χ0v) is 18.1. The van der Waals surface area contributed by atoms with Gasteiger partial charge in [0.1, 0.15) is 5.82 Å². The Bertz CT molecular complexity index is 1040. The molecule has 1 saturated heterocycles. The summed E-state index contributed by atoms with van der Waals surface area (Å²) in [6.07, 6.45) is 1.74. The number of hydrogen-bond acceptors (Lipinski definition) is 3. The number of nitrogens with zero attached hydrogens (tertiary/aromatic N) is 3. The van der Waals surface area contributed by atoms with Crippen LogP contribution in [0.5, 0.6) is 0 Å². The lowest BCUT2D eigenvalue weighted by Gasteiger charge is -2.32. The highest BCUT2D eigenvalue weighted by Gasteiger charge is 2.21. The van der Waals surface area contributed by atoms with Gasteiger partial charge in [-0.1, -0.05) is 30.3 Å². The second kappa shape index (κ2) is 9.43. The third-order valence-corrected chi connectivity index (χ3v) is 5.93. The number of likely N-dealkylation sites (tertiary alicyclic amines) is 1. The van der Waals surface area contributed by atoms with Crippen molar-refractivity contribution in [1.29, 1.82) is 0 Å². The van der Waals surface area contributed by atoms with E-state index in [-0.39, 0.29) is 17.8 Å². The Morgan fingerprint density at radius 2 is 1.77 bits per heavy atom. The van der Waals surface area contributed by atoms with E-state index in [4.69, 9.17) is 0 Å². The maximum Gasteiger partial charge on any atom is 0.251 e. The van der Waals surface area contributed by atoms with Gasteiger partial charge in [-0.25, -0.2) is 4.39 Å². The number of halogens is 1. The van der Waals surface area contributed by atoms with Crippen LogP contribution in [0.15, 0.2) is 54.6 Å². The molecule has 2 heterocycles. The molecule has 0 aliphatic carbocycles. The van der Waals surface area contributed by atoms with Crippen LogP contribution >= 0.6 is 0 Å². The quantitative estimate of drug-likeness (QED) is 0.654. The Hall–Kier alpha value is -2.99. The summed E-state index contributed by atoms with van der Waals surface area (Å²) >= 11 is 0. The predicted molar refractivity (Wildman–Crippen MR) is 119 cm³/mol. The van der Waals surface area contributed by atoms with Crippen molar-refractivity contribution < 1.29 is 9.18 Å². The number of carbonyl (C=O) groups is 1. The molecule has 6 heteroatoms. The summed E-state index contributed by atoms with van der Waals surface area (Å²) in [7, 11) is 0. The average molecular weight is 421 g/mol. The summed E-state index contributed by atoms with van der Waals surface area (Å²) in [5.74, 6) is -0.190. The van der Waals surface area contributed by atoms with Crippen molar-refractivity contribution in [2.24, 2.45) is 0 Å². The van der Waals surface area contributed by atoms with E-state index in [9.17, 15) is 9.18 Å². The normalized spacial score (nSPS) is 15.2. The van der Waals surface area contributed by atoms with Gasteiger partial charge < -0.3 is 5.32 Å². The van der Waals surface area contributed by atoms with Gasteiger partial charge in [0.25, 0.3) is 5.91 Å². The summed E-state index contributed by atoms with van der Waals surface area (Å²) in [6, 6.07) is 16.9. The first kappa shape index (κ1) is 21.2. The van der Waals surface area contributed by atoms with E-state index in [0.717, 1.165) is 48.4 Å². The molecule has 1 aromatic heterocycles.